The minimum absolute atomic E-state index is 0.00313. The van der Waals surface area contributed by atoms with E-state index in [1.165, 1.54) is 7.11 Å². The summed E-state index contributed by atoms with van der Waals surface area (Å²) in [5, 5.41) is 15.5. The lowest BCUT2D eigenvalue weighted by atomic mass is 9.89. The van der Waals surface area contributed by atoms with Gasteiger partial charge in [-0.05, 0) is 57.2 Å². The third kappa shape index (κ3) is 12.2. The number of carbonyl (C=O) groups is 5. The van der Waals surface area contributed by atoms with Crippen LogP contribution in [0.2, 0.25) is 0 Å². The van der Waals surface area contributed by atoms with Crippen molar-refractivity contribution in [3.63, 3.8) is 0 Å². The van der Waals surface area contributed by atoms with Gasteiger partial charge >= 0.3 is 5.97 Å². The van der Waals surface area contributed by atoms with Gasteiger partial charge in [-0.15, -0.1) is 0 Å². The minimum atomic E-state index is -1.13. The Bertz CT molecular complexity index is 1330. The number of carboxylic acid groups (broad SMARTS) is 1. The number of likely N-dealkylation sites (tertiary alicyclic amines) is 2. The van der Waals surface area contributed by atoms with E-state index in [0.717, 1.165) is 57.1 Å². The largest absolute Gasteiger partial charge is 0.480 e. The first-order valence-electron chi connectivity index (χ1n) is 19.6. The Morgan fingerprint density at radius 2 is 1.70 bits per heavy atom. The predicted octanol–water partition coefficient (Wildman–Crippen LogP) is 3.49. The highest BCUT2D eigenvalue weighted by Crippen LogP contribution is 2.30. The summed E-state index contributed by atoms with van der Waals surface area (Å²) < 4.78 is 11.9. The fourth-order valence-corrected chi connectivity index (χ4v) is 7.95. The van der Waals surface area contributed by atoms with Crippen LogP contribution in [0.1, 0.15) is 91.0 Å². The monoisotopic (exact) mass is 743 g/mol. The van der Waals surface area contributed by atoms with Crippen LogP contribution in [0.15, 0.2) is 30.3 Å². The summed E-state index contributed by atoms with van der Waals surface area (Å²) in [6, 6.07) is 6.94. The Morgan fingerprint density at radius 3 is 2.30 bits per heavy atom. The first kappa shape index (κ1) is 43.9. The maximum absolute atomic E-state index is 14.2. The van der Waals surface area contributed by atoms with Crippen LogP contribution in [0.3, 0.4) is 0 Å². The van der Waals surface area contributed by atoms with Gasteiger partial charge in [0.15, 0.2) is 0 Å². The number of rotatable bonds is 21. The third-order valence-electron chi connectivity index (χ3n) is 11.3. The summed E-state index contributed by atoms with van der Waals surface area (Å²) in [5.74, 6) is -2.84. The molecule has 1 aromatic rings. The van der Waals surface area contributed by atoms with Crippen LogP contribution in [0.5, 0.6) is 0 Å². The van der Waals surface area contributed by atoms with Crippen molar-refractivity contribution in [1.82, 2.24) is 25.3 Å². The van der Waals surface area contributed by atoms with Crippen LogP contribution < -0.4 is 10.6 Å². The zero-order chi connectivity index (χ0) is 39.1. The maximum Gasteiger partial charge on any atom is 0.326 e. The van der Waals surface area contributed by atoms with Gasteiger partial charge in [0.1, 0.15) is 6.04 Å². The molecule has 4 amide bonds. The molecular formula is C40H65N5O8. The van der Waals surface area contributed by atoms with Crippen LogP contribution in [0.4, 0.5) is 0 Å². The number of nitrogens with zero attached hydrogens (tertiary/aromatic N) is 3. The maximum atomic E-state index is 14.2. The standard InChI is InChI=1S/C40H65N5O8/c1-8-10-22-45(35(47)26-41-39(49)32-19-14-15-21-43(32)5)36(27(3)9-2)33(52-6)25-34(46)44-23-16-20-31(44)37(53-7)28(4)38(48)42-30(40(50)51)24-29-17-12-11-13-18-29/h11-13,17-18,27-28,30-33,36-37H,8-10,14-16,19-26H2,1-7H3,(H,41,49)(H,42,48)(H,50,51)/t27-,28+,30?,31-,32?,33?,36?,37?/m0/s1. The molecule has 298 valence electrons. The molecule has 53 heavy (non-hydrogen) atoms. The molecule has 13 heteroatoms. The highest BCUT2D eigenvalue weighted by atomic mass is 16.5. The summed E-state index contributed by atoms with van der Waals surface area (Å²) in [4.78, 5) is 72.4. The van der Waals surface area contributed by atoms with Crippen molar-refractivity contribution in [3.8, 4) is 0 Å². The molecule has 0 aliphatic carbocycles. The minimum Gasteiger partial charge on any atom is -0.480 e. The zero-order valence-electron chi connectivity index (χ0n) is 33.1. The number of likely N-dealkylation sites (N-methyl/N-ethyl adjacent to an activating group) is 1. The molecule has 2 saturated heterocycles. The lowest BCUT2D eigenvalue weighted by molar-refractivity contribution is -0.147. The van der Waals surface area contributed by atoms with Gasteiger partial charge in [-0.2, -0.15) is 0 Å². The van der Waals surface area contributed by atoms with Crippen molar-refractivity contribution < 1.29 is 38.6 Å². The van der Waals surface area contributed by atoms with E-state index in [9.17, 15) is 29.1 Å². The van der Waals surface area contributed by atoms with Crippen LogP contribution in [0.25, 0.3) is 0 Å². The lowest BCUT2D eigenvalue weighted by Crippen LogP contribution is -2.56. The number of unbranched alkanes of at least 4 members (excludes halogenated alkanes) is 1. The van der Waals surface area contributed by atoms with E-state index in [4.69, 9.17) is 9.47 Å². The molecule has 0 radical (unpaired) electrons. The van der Waals surface area contributed by atoms with Crippen molar-refractivity contribution in [2.24, 2.45) is 11.8 Å². The SMILES string of the molecule is CCCCN(C(=O)CNC(=O)C1CCCCN1C)C(C(CC(=O)N1CCC[C@H]1C(OC)[C@@H](C)C(=O)NC(Cc1ccccc1)C(=O)O)OC)[C@@H](C)CC. The van der Waals surface area contributed by atoms with Crippen molar-refractivity contribution >= 4 is 29.6 Å². The number of methoxy groups -OCH3 is 2. The van der Waals surface area contributed by atoms with Gasteiger partial charge in [0.25, 0.3) is 0 Å². The number of ether oxygens (including phenoxy) is 2. The predicted molar refractivity (Wildman–Crippen MR) is 203 cm³/mol. The molecule has 0 saturated carbocycles. The molecule has 3 rings (SSSR count). The first-order chi connectivity index (χ1) is 25.4. The van der Waals surface area contributed by atoms with Gasteiger partial charge < -0.3 is 35.0 Å². The molecular weight excluding hydrogens is 678 g/mol. The summed E-state index contributed by atoms with van der Waals surface area (Å²) in [6.45, 7) is 9.56. The van der Waals surface area contributed by atoms with Gasteiger partial charge in [-0.1, -0.05) is 77.3 Å². The number of hydrogen-bond donors (Lipinski definition) is 3. The molecule has 2 heterocycles. The Balaban J connectivity index is 1.75. The second kappa shape index (κ2) is 22.0. The number of carbonyl (C=O) groups excluding carboxylic acids is 4. The molecule has 2 fully saturated rings. The van der Waals surface area contributed by atoms with E-state index < -0.39 is 48.1 Å². The molecule has 0 aromatic heterocycles. The summed E-state index contributed by atoms with van der Waals surface area (Å²) in [7, 11) is 5.01. The fourth-order valence-electron chi connectivity index (χ4n) is 7.95. The van der Waals surface area contributed by atoms with Crippen LogP contribution in [-0.2, 0) is 39.9 Å². The number of piperidine rings is 1. The van der Waals surface area contributed by atoms with Crippen molar-refractivity contribution in [2.45, 2.75) is 128 Å². The fraction of sp³-hybridized carbons (Fsp3) is 0.725. The molecule has 2 aliphatic heterocycles. The van der Waals surface area contributed by atoms with Crippen molar-refractivity contribution in [2.75, 3.05) is 47.4 Å². The molecule has 0 bridgehead atoms. The smallest absolute Gasteiger partial charge is 0.326 e. The zero-order valence-corrected chi connectivity index (χ0v) is 33.1. The van der Waals surface area contributed by atoms with Gasteiger partial charge in [0.05, 0.1) is 49.2 Å². The van der Waals surface area contributed by atoms with Crippen LogP contribution >= 0.6 is 0 Å². The topological polar surface area (TPSA) is 158 Å². The highest BCUT2D eigenvalue weighted by molar-refractivity contribution is 5.88. The van der Waals surface area contributed by atoms with E-state index in [2.05, 4.69) is 31.4 Å². The van der Waals surface area contributed by atoms with E-state index in [0.29, 0.717) is 19.5 Å². The average Bonchev–Trinajstić information content (AvgIpc) is 3.64. The number of nitrogens with one attached hydrogen (secondary N) is 2. The van der Waals surface area contributed by atoms with E-state index in [1.807, 2.05) is 47.2 Å². The van der Waals surface area contributed by atoms with Crippen molar-refractivity contribution in [3.05, 3.63) is 35.9 Å². The second-order valence-electron chi connectivity index (χ2n) is 14.9. The molecule has 13 nitrogen and oxygen atoms in total. The van der Waals surface area contributed by atoms with Gasteiger partial charge in [-0.3, -0.25) is 24.1 Å². The number of benzene rings is 1. The lowest BCUT2D eigenvalue weighted by Gasteiger charge is -2.41. The number of carboxylic acids is 1. The second-order valence-corrected chi connectivity index (χ2v) is 14.9. The molecule has 5 unspecified atom stereocenters. The Kier molecular flexibility index (Phi) is 18.2. The third-order valence-corrected chi connectivity index (χ3v) is 11.3. The average molecular weight is 744 g/mol. The summed E-state index contributed by atoms with van der Waals surface area (Å²) in [5.41, 5.74) is 0.791. The van der Waals surface area contributed by atoms with E-state index in [-0.39, 0.29) is 49.1 Å². The first-order valence-corrected chi connectivity index (χ1v) is 19.6. The highest BCUT2D eigenvalue weighted by Gasteiger charge is 2.43. The normalized spacial score (nSPS) is 21.2. The molecule has 0 spiro atoms. The quantitative estimate of drug-likeness (QED) is 0.172. The van der Waals surface area contributed by atoms with Crippen LogP contribution in [0, 0.1) is 11.8 Å². The Hall–Kier alpha value is -3.55. The Morgan fingerprint density at radius 1 is 0.981 bits per heavy atom. The molecule has 3 N–H and O–H groups in total. The van der Waals surface area contributed by atoms with Crippen LogP contribution in [-0.4, -0.2) is 133 Å². The van der Waals surface area contributed by atoms with E-state index in [1.54, 1.807) is 18.9 Å². The van der Waals surface area contributed by atoms with Gasteiger partial charge in [-0.25, -0.2) is 4.79 Å². The van der Waals surface area contributed by atoms with E-state index >= 15 is 0 Å². The Labute approximate surface area is 316 Å². The van der Waals surface area contributed by atoms with Gasteiger partial charge in [0, 0.05) is 33.7 Å². The molecule has 2 aliphatic rings. The number of aliphatic carboxylic acids is 1. The van der Waals surface area contributed by atoms with Crippen molar-refractivity contribution in [1.29, 1.82) is 0 Å². The number of hydrogen-bond acceptors (Lipinski definition) is 8. The number of amides is 4. The summed E-state index contributed by atoms with van der Waals surface area (Å²) >= 11 is 0. The molecule has 1 aromatic carbocycles. The van der Waals surface area contributed by atoms with Gasteiger partial charge in [0.2, 0.25) is 23.6 Å². The summed E-state index contributed by atoms with van der Waals surface area (Å²) in [6.07, 6.45) is 5.39. The molecule has 8 atom stereocenters.